The molecule has 5 nitrogen and oxygen atoms in total. The number of hydrogen-bond donors (Lipinski definition) is 1. The first kappa shape index (κ1) is 14.1. The maximum absolute atomic E-state index is 13.5. The molecule has 0 saturated heterocycles. The number of aromatic nitrogens is 2. The molecular formula is C16H14FN3O2. The Morgan fingerprint density at radius 2 is 2.09 bits per heavy atom. The normalized spacial score (nSPS) is 10.6. The number of furan rings is 1. The molecule has 0 fully saturated rings. The van der Waals surface area contributed by atoms with Gasteiger partial charge in [-0.2, -0.15) is 5.10 Å². The van der Waals surface area contributed by atoms with Crippen LogP contribution in [0.15, 0.2) is 53.1 Å². The van der Waals surface area contributed by atoms with E-state index in [1.54, 1.807) is 29.1 Å². The van der Waals surface area contributed by atoms with E-state index in [1.165, 1.54) is 12.1 Å². The highest BCUT2D eigenvalue weighted by Crippen LogP contribution is 2.21. The molecule has 0 spiro atoms. The summed E-state index contributed by atoms with van der Waals surface area (Å²) >= 11 is 0. The van der Waals surface area contributed by atoms with Gasteiger partial charge in [0.1, 0.15) is 17.3 Å². The zero-order valence-electron chi connectivity index (χ0n) is 11.9. The molecule has 0 aliphatic heterocycles. The summed E-state index contributed by atoms with van der Waals surface area (Å²) in [6.45, 7) is 0.186. The zero-order chi connectivity index (χ0) is 15.5. The molecule has 0 radical (unpaired) electrons. The van der Waals surface area contributed by atoms with Crippen molar-refractivity contribution in [3.8, 4) is 11.5 Å². The van der Waals surface area contributed by atoms with Gasteiger partial charge in [-0.1, -0.05) is 12.1 Å². The number of nitrogens with zero attached hydrogens (tertiary/aromatic N) is 2. The summed E-state index contributed by atoms with van der Waals surface area (Å²) in [5.74, 6) is 0.225. The lowest BCUT2D eigenvalue weighted by atomic mass is 10.2. The van der Waals surface area contributed by atoms with Gasteiger partial charge in [0.2, 0.25) is 0 Å². The van der Waals surface area contributed by atoms with E-state index >= 15 is 0 Å². The molecule has 112 valence electrons. The first-order chi connectivity index (χ1) is 10.6. The number of amides is 1. The number of aryl methyl sites for hydroxylation is 1. The average molecular weight is 299 g/mol. The van der Waals surface area contributed by atoms with Gasteiger partial charge in [-0.3, -0.25) is 9.48 Å². The second-order valence-electron chi connectivity index (χ2n) is 4.77. The molecule has 0 unspecified atom stereocenters. The number of nitrogens with one attached hydrogen (secondary N) is 1. The Hall–Kier alpha value is -2.89. The highest BCUT2D eigenvalue weighted by atomic mass is 19.1. The van der Waals surface area contributed by atoms with Crippen LogP contribution in [0.25, 0.3) is 11.5 Å². The van der Waals surface area contributed by atoms with Gasteiger partial charge < -0.3 is 9.73 Å². The van der Waals surface area contributed by atoms with Gasteiger partial charge in [-0.05, 0) is 30.3 Å². The summed E-state index contributed by atoms with van der Waals surface area (Å²) in [4.78, 5) is 11.9. The van der Waals surface area contributed by atoms with Gasteiger partial charge >= 0.3 is 0 Å². The Labute approximate surface area is 126 Å². The van der Waals surface area contributed by atoms with Crippen LogP contribution in [0.3, 0.4) is 0 Å². The summed E-state index contributed by atoms with van der Waals surface area (Å²) in [6, 6.07) is 11.3. The third-order valence-corrected chi connectivity index (χ3v) is 3.28. The second kappa shape index (κ2) is 5.85. The van der Waals surface area contributed by atoms with E-state index in [9.17, 15) is 9.18 Å². The largest absolute Gasteiger partial charge is 0.458 e. The molecule has 3 rings (SSSR count). The molecular weight excluding hydrogens is 285 g/mol. The summed E-state index contributed by atoms with van der Waals surface area (Å²) in [5, 5.41) is 6.71. The van der Waals surface area contributed by atoms with Gasteiger partial charge in [-0.25, -0.2) is 4.39 Å². The summed E-state index contributed by atoms with van der Waals surface area (Å²) in [5.41, 5.74) is 0.854. The summed E-state index contributed by atoms with van der Waals surface area (Å²) in [7, 11) is 1.82. The van der Waals surface area contributed by atoms with Crippen molar-refractivity contribution in [2.24, 2.45) is 7.05 Å². The van der Waals surface area contributed by atoms with Crippen LogP contribution in [0.4, 0.5) is 4.39 Å². The molecule has 1 aromatic carbocycles. The summed E-state index contributed by atoms with van der Waals surface area (Å²) < 4.78 is 20.9. The minimum absolute atomic E-state index is 0.0147. The minimum atomic E-state index is -0.546. The number of benzene rings is 1. The van der Waals surface area contributed by atoms with Crippen molar-refractivity contribution in [1.82, 2.24) is 15.1 Å². The van der Waals surface area contributed by atoms with E-state index in [0.717, 1.165) is 5.69 Å². The van der Waals surface area contributed by atoms with Gasteiger partial charge in [0.05, 0.1) is 12.1 Å². The fourth-order valence-electron chi connectivity index (χ4n) is 2.13. The fraction of sp³-hybridized carbons (Fsp3) is 0.125. The second-order valence-corrected chi connectivity index (χ2v) is 4.77. The molecule has 1 amide bonds. The standard InChI is InChI=1S/C16H14FN3O2/c1-20-14(8-9-19-20)15-7-6-11(22-15)10-18-16(21)12-4-2-3-5-13(12)17/h2-9H,10H2,1H3,(H,18,21). The van der Waals surface area contributed by atoms with Crippen LogP contribution in [0, 0.1) is 5.82 Å². The van der Waals surface area contributed by atoms with Gasteiger partial charge in [0.25, 0.3) is 5.91 Å². The van der Waals surface area contributed by atoms with Crippen molar-refractivity contribution in [3.63, 3.8) is 0 Å². The van der Waals surface area contributed by atoms with Crippen molar-refractivity contribution in [2.45, 2.75) is 6.54 Å². The maximum Gasteiger partial charge on any atom is 0.254 e. The zero-order valence-corrected chi connectivity index (χ0v) is 11.9. The lowest BCUT2D eigenvalue weighted by Gasteiger charge is -2.04. The Morgan fingerprint density at radius 1 is 1.27 bits per heavy atom. The molecule has 6 heteroatoms. The van der Waals surface area contributed by atoms with Gasteiger partial charge in [0.15, 0.2) is 5.76 Å². The fourth-order valence-corrected chi connectivity index (χ4v) is 2.13. The van der Waals surface area contributed by atoms with Gasteiger partial charge in [0, 0.05) is 13.2 Å². The van der Waals surface area contributed by atoms with E-state index in [0.29, 0.717) is 11.5 Å². The van der Waals surface area contributed by atoms with Gasteiger partial charge in [-0.15, -0.1) is 0 Å². The molecule has 2 heterocycles. The van der Waals surface area contributed by atoms with Crippen LogP contribution in [-0.2, 0) is 13.6 Å². The van der Waals surface area contributed by atoms with Crippen molar-refractivity contribution in [2.75, 3.05) is 0 Å². The van der Waals surface area contributed by atoms with E-state index in [2.05, 4.69) is 10.4 Å². The highest BCUT2D eigenvalue weighted by Gasteiger charge is 2.12. The number of halogens is 1. The Bertz CT molecular complexity index is 807. The van der Waals surface area contributed by atoms with Crippen LogP contribution < -0.4 is 5.32 Å². The average Bonchev–Trinajstić information content (AvgIpc) is 3.13. The Kier molecular flexibility index (Phi) is 3.74. The smallest absolute Gasteiger partial charge is 0.254 e. The third kappa shape index (κ3) is 2.76. The Morgan fingerprint density at radius 3 is 2.82 bits per heavy atom. The first-order valence-electron chi connectivity index (χ1n) is 6.75. The Balaban J connectivity index is 1.68. The SMILES string of the molecule is Cn1nccc1-c1ccc(CNC(=O)c2ccccc2F)o1. The van der Waals surface area contributed by atoms with E-state index in [4.69, 9.17) is 4.42 Å². The lowest BCUT2D eigenvalue weighted by molar-refractivity contribution is 0.0944. The monoisotopic (exact) mass is 299 g/mol. The third-order valence-electron chi connectivity index (χ3n) is 3.28. The van der Waals surface area contributed by atoms with Crippen LogP contribution in [0.2, 0.25) is 0 Å². The molecule has 3 aromatic rings. The number of hydrogen-bond acceptors (Lipinski definition) is 3. The quantitative estimate of drug-likeness (QED) is 0.806. The van der Waals surface area contributed by atoms with Crippen LogP contribution >= 0.6 is 0 Å². The maximum atomic E-state index is 13.5. The molecule has 0 aliphatic carbocycles. The number of rotatable bonds is 4. The van der Waals surface area contributed by atoms with E-state index in [-0.39, 0.29) is 12.1 Å². The molecule has 22 heavy (non-hydrogen) atoms. The first-order valence-corrected chi connectivity index (χ1v) is 6.75. The van der Waals surface area contributed by atoms with Crippen molar-refractivity contribution in [3.05, 3.63) is 65.8 Å². The summed E-state index contributed by atoms with van der Waals surface area (Å²) in [6.07, 6.45) is 1.68. The minimum Gasteiger partial charge on any atom is -0.458 e. The molecule has 1 N–H and O–H groups in total. The molecule has 2 aromatic heterocycles. The highest BCUT2D eigenvalue weighted by molar-refractivity contribution is 5.94. The molecule has 0 bridgehead atoms. The van der Waals surface area contributed by atoms with Crippen molar-refractivity contribution < 1.29 is 13.6 Å². The van der Waals surface area contributed by atoms with Crippen LogP contribution in [-0.4, -0.2) is 15.7 Å². The van der Waals surface area contributed by atoms with Crippen LogP contribution in [0.1, 0.15) is 16.1 Å². The molecule has 0 atom stereocenters. The number of carbonyl (C=O) groups excluding carboxylic acids is 1. The van der Waals surface area contributed by atoms with E-state index in [1.807, 2.05) is 19.2 Å². The lowest BCUT2D eigenvalue weighted by Crippen LogP contribution is -2.23. The molecule has 0 saturated carbocycles. The molecule has 0 aliphatic rings. The predicted molar refractivity (Wildman–Crippen MR) is 78.5 cm³/mol. The topological polar surface area (TPSA) is 60.1 Å². The van der Waals surface area contributed by atoms with Crippen molar-refractivity contribution >= 4 is 5.91 Å². The van der Waals surface area contributed by atoms with Crippen LogP contribution in [0.5, 0.6) is 0 Å². The predicted octanol–water partition coefficient (Wildman–Crippen LogP) is 2.75. The van der Waals surface area contributed by atoms with Crippen molar-refractivity contribution in [1.29, 1.82) is 0 Å². The number of carbonyl (C=O) groups is 1. The van der Waals surface area contributed by atoms with E-state index < -0.39 is 11.7 Å².